The number of carbonyl (C=O) groups is 1. The van der Waals surface area contributed by atoms with E-state index in [0.717, 1.165) is 33.7 Å². The Morgan fingerprint density at radius 2 is 2.04 bits per heavy atom. The molecule has 0 spiro atoms. The lowest BCUT2D eigenvalue weighted by Crippen LogP contribution is -2.27. The Kier molecular flexibility index (Phi) is 3.96. The third-order valence-corrected chi connectivity index (χ3v) is 4.61. The normalized spacial score (nSPS) is 11.2. The summed E-state index contributed by atoms with van der Waals surface area (Å²) in [6, 6.07) is 12.1. The van der Waals surface area contributed by atoms with E-state index < -0.39 is 0 Å². The molecular weight excluding hydrogens is 320 g/mol. The van der Waals surface area contributed by atoms with Gasteiger partial charge in [0.05, 0.1) is 17.6 Å². The molecule has 4 aromatic rings. The highest BCUT2D eigenvalue weighted by molar-refractivity contribution is 7.15. The first-order valence-electron chi connectivity index (χ1n) is 7.80. The van der Waals surface area contributed by atoms with Gasteiger partial charge in [-0.15, -0.1) is 11.3 Å². The molecule has 0 fully saturated rings. The molecule has 0 radical (unpaired) electrons. The molecule has 0 saturated heterocycles. The number of rotatable bonds is 5. The van der Waals surface area contributed by atoms with Crippen LogP contribution in [0, 0.1) is 0 Å². The molecule has 0 aliphatic heterocycles. The molecule has 120 valence electrons. The molecular formula is C18H16N4OS. The maximum Gasteiger partial charge on any atom is 0.226 e. The molecule has 1 N–H and O–H groups in total. The van der Waals surface area contributed by atoms with E-state index in [-0.39, 0.29) is 5.91 Å². The minimum absolute atomic E-state index is 0.0125. The Morgan fingerprint density at radius 3 is 2.96 bits per heavy atom. The quantitative estimate of drug-likeness (QED) is 0.610. The van der Waals surface area contributed by atoms with Crippen molar-refractivity contribution in [1.82, 2.24) is 19.7 Å². The monoisotopic (exact) mass is 336 g/mol. The highest BCUT2D eigenvalue weighted by Crippen LogP contribution is 2.12. The van der Waals surface area contributed by atoms with Crippen LogP contribution in [0.3, 0.4) is 0 Å². The molecule has 1 aromatic carbocycles. The first kappa shape index (κ1) is 14.8. The summed E-state index contributed by atoms with van der Waals surface area (Å²) in [5, 5.41) is 6.04. The van der Waals surface area contributed by atoms with E-state index in [0.29, 0.717) is 13.0 Å². The van der Waals surface area contributed by atoms with Gasteiger partial charge in [-0.1, -0.05) is 24.3 Å². The van der Waals surface area contributed by atoms with Gasteiger partial charge in [-0.25, -0.2) is 4.98 Å². The van der Waals surface area contributed by atoms with Gasteiger partial charge in [0.25, 0.3) is 0 Å². The summed E-state index contributed by atoms with van der Waals surface area (Å²) in [5.74, 6) is -0.0125. The molecule has 3 heterocycles. The minimum Gasteiger partial charge on any atom is -0.355 e. The summed E-state index contributed by atoms with van der Waals surface area (Å²) in [6.45, 7) is 0.576. The lowest BCUT2D eigenvalue weighted by Gasteiger charge is -2.05. The summed E-state index contributed by atoms with van der Waals surface area (Å²) in [7, 11) is 0. The van der Waals surface area contributed by atoms with Crippen molar-refractivity contribution in [3.05, 3.63) is 65.6 Å². The number of pyridine rings is 1. The van der Waals surface area contributed by atoms with Gasteiger partial charge >= 0.3 is 0 Å². The second-order valence-electron chi connectivity index (χ2n) is 5.60. The van der Waals surface area contributed by atoms with Crippen molar-refractivity contribution in [3.63, 3.8) is 0 Å². The number of carbonyl (C=O) groups excluding carboxylic acids is 1. The van der Waals surface area contributed by atoms with E-state index in [1.165, 1.54) is 0 Å². The highest BCUT2D eigenvalue weighted by Gasteiger charge is 2.08. The molecule has 0 atom stereocenters. The zero-order chi connectivity index (χ0) is 16.4. The summed E-state index contributed by atoms with van der Waals surface area (Å²) < 4.78 is 1.94. The van der Waals surface area contributed by atoms with Crippen LogP contribution in [-0.2, 0) is 17.6 Å². The number of hydrogen-bond acceptors (Lipinski definition) is 4. The molecule has 5 nitrogen and oxygen atoms in total. The van der Waals surface area contributed by atoms with Crippen LogP contribution in [0.25, 0.3) is 15.9 Å². The predicted octanol–water partition coefficient (Wildman–Crippen LogP) is 2.85. The van der Waals surface area contributed by atoms with Crippen molar-refractivity contribution < 1.29 is 4.79 Å². The second-order valence-corrected chi connectivity index (χ2v) is 6.47. The van der Waals surface area contributed by atoms with E-state index in [2.05, 4.69) is 21.4 Å². The number of amides is 1. The van der Waals surface area contributed by atoms with Crippen LogP contribution >= 0.6 is 11.3 Å². The Hall–Kier alpha value is -2.73. The minimum atomic E-state index is -0.0125. The molecule has 24 heavy (non-hydrogen) atoms. The SMILES string of the molecule is O=C(Cc1cn2ccsc2n1)NCCc1ccc2ccccc2n1. The lowest BCUT2D eigenvalue weighted by molar-refractivity contribution is -0.120. The number of fused-ring (bicyclic) bond motifs is 2. The molecule has 0 aliphatic rings. The van der Waals surface area contributed by atoms with Crippen molar-refractivity contribution in [2.24, 2.45) is 0 Å². The van der Waals surface area contributed by atoms with E-state index in [1.807, 2.05) is 52.5 Å². The molecule has 1 amide bonds. The molecule has 0 aliphatic carbocycles. The van der Waals surface area contributed by atoms with Gasteiger partial charge < -0.3 is 5.32 Å². The van der Waals surface area contributed by atoms with Gasteiger partial charge in [0.2, 0.25) is 5.91 Å². The van der Waals surface area contributed by atoms with E-state index in [1.54, 1.807) is 11.3 Å². The number of imidazole rings is 1. The largest absolute Gasteiger partial charge is 0.355 e. The first-order valence-corrected chi connectivity index (χ1v) is 8.68. The average Bonchev–Trinajstić information content (AvgIpc) is 3.16. The van der Waals surface area contributed by atoms with E-state index in [4.69, 9.17) is 0 Å². The number of aromatic nitrogens is 3. The number of nitrogens with one attached hydrogen (secondary N) is 1. The summed E-state index contributed by atoms with van der Waals surface area (Å²) in [4.78, 5) is 22.0. The molecule has 3 aromatic heterocycles. The molecule has 0 bridgehead atoms. The predicted molar refractivity (Wildman–Crippen MR) is 95.2 cm³/mol. The van der Waals surface area contributed by atoms with Crippen molar-refractivity contribution >= 4 is 33.1 Å². The molecule has 0 saturated carbocycles. The number of hydrogen-bond donors (Lipinski definition) is 1. The van der Waals surface area contributed by atoms with E-state index >= 15 is 0 Å². The van der Waals surface area contributed by atoms with Crippen LogP contribution in [0.5, 0.6) is 0 Å². The third kappa shape index (κ3) is 3.14. The number of benzene rings is 1. The fourth-order valence-corrected chi connectivity index (χ4v) is 3.38. The fraction of sp³-hybridized carbons (Fsp3) is 0.167. The van der Waals surface area contributed by atoms with Crippen LogP contribution in [0.1, 0.15) is 11.4 Å². The van der Waals surface area contributed by atoms with Crippen molar-refractivity contribution in [1.29, 1.82) is 0 Å². The second kappa shape index (κ2) is 6.41. The average molecular weight is 336 g/mol. The van der Waals surface area contributed by atoms with Crippen LogP contribution in [0.2, 0.25) is 0 Å². The molecule has 6 heteroatoms. The Balaban J connectivity index is 1.32. The number of para-hydroxylation sites is 1. The maximum atomic E-state index is 12.0. The van der Waals surface area contributed by atoms with Crippen molar-refractivity contribution in [2.45, 2.75) is 12.8 Å². The fourth-order valence-electron chi connectivity index (χ4n) is 2.67. The van der Waals surface area contributed by atoms with Gasteiger partial charge in [0, 0.05) is 41.8 Å². The van der Waals surface area contributed by atoms with Gasteiger partial charge in [-0.3, -0.25) is 14.2 Å². The van der Waals surface area contributed by atoms with Crippen LogP contribution in [0.15, 0.2) is 54.2 Å². The zero-order valence-electron chi connectivity index (χ0n) is 13.0. The van der Waals surface area contributed by atoms with Gasteiger partial charge in [0.15, 0.2) is 4.96 Å². The van der Waals surface area contributed by atoms with E-state index in [9.17, 15) is 4.79 Å². The number of thiazole rings is 1. The van der Waals surface area contributed by atoms with Gasteiger partial charge in [-0.2, -0.15) is 0 Å². The number of nitrogens with zero attached hydrogens (tertiary/aromatic N) is 3. The zero-order valence-corrected chi connectivity index (χ0v) is 13.8. The van der Waals surface area contributed by atoms with Crippen LogP contribution in [0.4, 0.5) is 0 Å². The summed E-state index contributed by atoms with van der Waals surface area (Å²) in [6.07, 6.45) is 4.87. The first-order chi connectivity index (χ1) is 11.8. The van der Waals surface area contributed by atoms with Gasteiger partial charge in [0.1, 0.15) is 0 Å². The smallest absolute Gasteiger partial charge is 0.226 e. The van der Waals surface area contributed by atoms with Gasteiger partial charge in [-0.05, 0) is 12.1 Å². The van der Waals surface area contributed by atoms with Crippen molar-refractivity contribution in [2.75, 3.05) is 6.54 Å². The highest BCUT2D eigenvalue weighted by atomic mass is 32.1. The summed E-state index contributed by atoms with van der Waals surface area (Å²) in [5.41, 5.74) is 2.76. The standard InChI is InChI=1S/C18H16N4OS/c23-17(11-15-12-22-9-10-24-18(22)21-15)19-8-7-14-6-5-13-3-1-2-4-16(13)20-14/h1-6,9-10,12H,7-8,11H2,(H,19,23). The Bertz CT molecular complexity index is 976. The Morgan fingerprint density at radius 1 is 1.12 bits per heavy atom. The maximum absolute atomic E-state index is 12.0. The molecule has 4 rings (SSSR count). The lowest BCUT2D eigenvalue weighted by atomic mass is 10.2. The topological polar surface area (TPSA) is 59.3 Å². The van der Waals surface area contributed by atoms with Crippen LogP contribution in [-0.4, -0.2) is 26.8 Å². The molecule has 0 unspecified atom stereocenters. The van der Waals surface area contributed by atoms with Crippen molar-refractivity contribution in [3.8, 4) is 0 Å². The third-order valence-electron chi connectivity index (χ3n) is 3.84. The van der Waals surface area contributed by atoms with Crippen LogP contribution < -0.4 is 5.32 Å². The summed E-state index contributed by atoms with van der Waals surface area (Å²) >= 11 is 1.56. The Labute approximate surface area is 143 Å².